The number of nitrogens with zero attached hydrogens (tertiary/aromatic N) is 1. The molecular weight excluding hydrogens is 452 g/mol. The molecule has 2 N–H and O–H groups in total. The molecule has 2 aromatic rings. The van der Waals surface area contributed by atoms with Gasteiger partial charge in [-0.1, -0.05) is 57.2 Å². The molecule has 2 bridgehead atoms. The van der Waals surface area contributed by atoms with Gasteiger partial charge in [0, 0.05) is 43.7 Å². The Kier molecular flexibility index (Phi) is 6.98. The zero-order chi connectivity index (χ0) is 25.5. The predicted octanol–water partition coefficient (Wildman–Crippen LogP) is 5.58. The van der Waals surface area contributed by atoms with E-state index in [1.807, 2.05) is 36.4 Å². The molecule has 0 radical (unpaired) electrons. The van der Waals surface area contributed by atoms with Crippen molar-refractivity contribution in [3.63, 3.8) is 0 Å². The second-order valence-corrected chi connectivity index (χ2v) is 12.3. The van der Waals surface area contributed by atoms with E-state index in [9.17, 15) is 9.90 Å². The number of aliphatic hydroxyl groups is 1. The lowest BCUT2D eigenvalue weighted by atomic mass is 9.65. The minimum Gasteiger partial charge on any atom is -0.392 e. The number of carbonyl (C=O) groups is 1. The van der Waals surface area contributed by atoms with Crippen molar-refractivity contribution >= 4 is 11.6 Å². The number of amides is 1. The van der Waals surface area contributed by atoms with Crippen molar-refractivity contribution < 1.29 is 19.4 Å². The van der Waals surface area contributed by atoms with E-state index in [0.29, 0.717) is 16.9 Å². The molecule has 1 aliphatic carbocycles. The van der Waals surface area contributed by atoms with Gasteiger partial charge in [0.2, 0.25) is 5.91 Å². The summed E-state index contributed by atoms with van der Waals surface area (Å²) in [6.07, 6.45) is 3.97. The fourth-order valence-corrected chi connectivity index (χ4v) is 7.05. The number of benzene rings is 2. The van der Waals surface area contributed by atoms with Crippen molar-refractivity contribution in [1.82, 2.24) is 4.90 Å². The van der Waals surface area contributed by atoms with Crippen molar-refractivity contribution in [1.29, 1.82) is 0 Å². The Morgan fingerprint density at radius 3 is 2.58 bits per heavy atom. The topological polar surface area (TPSA) is 71.0 Å². The maximum atomic E-state index is 11.6. The lowest BCUT2D eigenvalue weighted by Crippen LogP contribution is -2.42. The predicted molar refractivity (Wildman–Crippen MR) is 140 cm³/mol. The summed E-state index contributed by atoms with van der Waals surface area (Å²) in [6, 6.07) is 16.4. The first kappa shape index (κ1) is 25.4. The molecule has 2 heterocycles. The van der Waals surface area contributed by atoms with E-state index in [0.717, 1.165) is 41.9 Å². The number of ether oxygens (including phenoxy) is 2. The summed E-state index contributed by atoms with van der Waals surface area (Å²) < 4.78 is 13.1. The smallest absolute Gasteiger partial charge is 0.221 e. The van der Waals surface area contributed by atoms with Crippen LogP contribution < -0.4 is 5.32 Å². The minimum absolute atomic E-state index is 0.0293. The third kappa shape index (κ3) is 5.67. The maximum Gasteiger partial charge on any atom is 0.221 e. The number of anilines is 1. The molecule has 1 amide bonds. The molecule has 0 aromatic heterocycles. The van der Waals surface area contributed by atoms with Crippen molar-refractivity contribution in [3.8, 4) is 0 Å². The van der Waals surface area contributed by atoms with E-state index >= 15 is 0 Å². The Hall–Kier alpha value is -2.25. The molecule has 36 heavy (non-hydrogen) atoms. The summed E-state index contributed by atoms with van der Waals surface area (Å²) in [5, 5.41) is 12.3. The van der Waals surface area contributed by atoms with Crippen molar-refractivity contribution in [3.05, 3.63) is 65.2 Å². The summed E-state index contributed by atoms with van der Waals surface area (Å²) in [4.78, 5) is 14.3. The molecule has 6 nitrogen and oxygen atoms in total. The molecule has 2 aromatic carbocycles. The molecule has 3 fully saturated rings. The second-order valence-electron chi connectivity index (χ2n) is 12.3. The van der Waals surface area contributed by atoms with Gasteiger partial charge in [-0.05, 0) is 53.4 Å². The Bertz CT molecular complexity index is 1080. The van der Waals surface area contributed by atoms with E-state index in [2.05, 4.69) is 43.1 Å². The Morgan fingerprint density at radius 2 is 1.86 bits per heavy atom. The number of nitrogens with one attached hydrogen (secondary N) is 1. The highest BCUT2D eigenvalue weighted by Gasteiger charge is 2.50. The van der Waals surface area contributed by atoms with Gasteiger partial charge in [0.25, 0.3) is 0 Å². The normalized spacial score (nSPS) is 31.8. The molecule has 3 aliphatic rings. The van der Waals surface area contributed by atoms with Crippen LogP contribution in [-0.2, 0) is 20.9 Å². The third-order valence-electron chi connectivity index (χ3n) is 8.06. The highest BCUT2D eigenvalue weighted by Crippen LogP contribution is 2.53. The van der Waals surface area contributed by atoms with Crippen LogP contribution in [0.15, 0.2) is 48.5 Å². The van der Waals surface area contributed by atoms with E-state index in [1.165, 1.54) is 26.2 Å². The van der Waals surface area contributed by atoms with Crippen LogP contribution in [0.5, 0.6) is 0 Å². The van der Waals surface area contributed by atoms with Gasteiger partial charge in [-0.2, -0.15) is 0 Å². The van der Waals surface area contributed by atoms with Gasteiger partial charge >= 0.3 is 0 Å². The van der Waals surface area contributed by atoms with Crippen molar-refractivity contribution in [2.24, 2.45) is 10.8 Å². The number of carbonyl (C=O) groups excluding carboxylic acids is 1. The number of aliphatic hydroxyl groups excluding tert-OH is 1. The van der Waals surface area contributed by atoms with Gasteiger partial charge < -0.3 is 19.9 Å². The van der Waals surface area contributed by atoms with Gasteiger partial charge in [-0.3, -0.25) is 9.69 Å². The molecule has 5 unspecified atom stereocenters. The zero-order valence-corrected chi connectivity index (χ0v) is 22.0. The maximum absolute atomic E-state index is 11.6. The fraction of sp³-hybridized carbons (Fsp3) is 0.567. The van der Waals surface area contributed by atoms with Crippen LogP contribution in [0.2, 0.25) is 0 Å². The van der Waals surface area contributed by atoms with E-state index in [4.69, 9.17) is 9.47 Å². The summed E-state index contributed by atoms with van der Waals surface area (Å²) in [7, 11) is 0. The second kappa shape index (κ2) is 9.90. The Balaban J connectivity index is 1.38. The standard InChI is InChI=1S/C30H40N2O4/c1-20(34)31-24-7-5-6-23(12-24)28-35-26(13-27(36-28)22-10-8-21(17-33)9-11-22)16-32-19-30(4)15-25(32)14-29(2,3)18-30/h5-12,25-28,33H,13-19H2,1-4H3,(H,31,34). The summed E-state index contributed by atoms with van der Waals surface area (Å²) >= 11 is 0. The van der Waals surface area contributed by atoms with Crippen LogP contribution in [0.3, 0.4) is 0 Å². The SMILES string of the molecule is CC(=O)Nc1cccc(C2OC(CN3CC4(C)CC3CC(C)(C)C4)CC(c3ccc(CO)cc3)O2)c1. The lowest BCUT2D eigenvalue weighted by molar-refractivity contribution is -0.253. The van der Waals surface area contributed by atoms with Crippen LogP contribution in [0.1, 0.15) is 82.5 Å². The van der Waals surface area contributed by atoms with Crippen LogP contribution >= 0.6 is 0 Å². The summed E-state index contributed by atoms with van der Waals surface area (Å²) in [5.41, 5.74) is 4.38. The Labute approximate surface area is 215 Å². The van der Waals surface area contributed by atoms with Crippen LogP contribution in [-0.4, -0.2) is 41.1 Å². The molecule has 0 spiro atoms. The lowest BCUT2D eigenvalue weighted by Gasteiger charge is -2.41. The number of fused-ring (bicyclic) bond motifs is 2. The molecule has 1 saturated carbocycles. The highest BCUT2D eigenvalue weighted by molar-refractivity contribution is 5.88. The fourth-order valence-electron chi connectivity index (χ4n) is 7.05. The van der Waals surface area contributed by atoms with Gasteiger partial charge in [0.15, 0.2) is 6.29 Å². The Morgan fingerprint density at radius 1 is 1.08 bits per heavy atom. The van der Waals surface area contributed by atoms with Gasteiger partial charge in [0.05, 0.1) is 18.8 Å². The molecule has 194 valence electrons. The molecule has 5 rings (SSSR count). The average molecular weight is 493 g/mol. The minimum atomic E-state index is -0.519. The average Bonchev–Trinajstić information content (AvgIpc) is 3.06. The van der Waals surface area contributed by atoms with Gasteiger partial charge in [-0.25, -0.2) is 0 Å². The number of hydrogen-bond donors (Lipinski definition) is 2. The first-order chi connectivity index (χ1) is 17.1. The molecule has 2 aliphatic heterocycles. The third-order valence-corrected chi connectivity index (χ3v) is 8.06. The quantitative estimate of drug-likeness (QED) is 0.551. The first-order valence-electron chi connectivity index (χ1n) is 13.2. The van der Waals surface area contributed by atoms with E-state index < -0.39 is 6.29 Å². The zero-order valence-electron chi connectivity index (χ0n) is 22.0. The first-order valence-corrected chi connectivity index (χ1v) is 13.2. The molecular formula is C30H40N2O4. The van der Waals surface area contributed by atoms with Crippen molar-refractivity contribution in [2.75, 3.05) is 18.4 Å². The summed E-state index contributed by atoms with van der Waals surface area (Å²) in [5.74, 6) is -0.103. The summed E-state index contributed by atoms with van der Waals surface area (Å²) in [6.45, 7) is 10.8. The molecule has 2 saturated heterocycles. The van der Waals surface area contributed by atoms with Crippen LogP contribution in [0, 0.1) is 10.8 Å². The van der Waals surface area contributed by atoms with E-state index in [1.54, 1.807) is 0 Å². The molecule has 6 heteroatoms. The van der Waals surface area contributed by atoms with Crippen LogP contribution in [0.4, 0.5) is 5.69 Å². The van der Waals surface area contributed by atoms with Gasteiger partial charge in [0.1, 0.15) is 0 Å². The highest BCUT2D eigenvalue weighted by atomic mass is 16.7. The monoisotopic (exact) mass is 492 g/mol. The van der Waals surface area contributed by atoms with Crippen LogP contribution in [0.25, 0.3) is 0 Å². The largest absolute Gasteiger partial charge is 0.392 e. The van der Waals surface area contributed by atoms with E-state index in [-0.39, 0.29) is 24.7 Å². The van der Waals surface area contributed by atoms with Crippen molar-refractivity contribution in [2.45, 2.75) is 84.5 Å². The molecule has 5 atom stereocenters. The number of rotatable bonds is 6. The van der Waals surface area contributed by atoms with Gasteiger partial charge in [-0.15, -0.1) is 0 Å². The number of hydrogen-bond acceptors (Lipinski definition) is 5. The number of likely N-dealkylation sites (tertiary alicyclic amines) is 1.